The van der Waals surface area contributed by atoms with Crippen molar-refractivity contribution in [1.82, 2.24) is 5.32 Å². The Labute approximate surface area is 122 Å². The molecule has 0 aromatic heterocycles. The zero-order valence-corrected chi connectivity index (χ0v) is 12.6. The Balaban J connectivity index is 1.98. The van der Waals surface area contributed by atoms with Gasteiger partial charge in [0.25, 0.3) is 5.91 Å². The molecule has 1 aliphatic rings. The first-order valence-corrected chi connectivity index (χ1v) is 7.90. The van der Waals surface area contributed by atoms with Gasteiger partial charge in [-0.05, 0) is 43.9 Å². The molecule has 0 radical (unpaired) electrons. The smallest absolute Gasteiger partial charge is 0.251 e. The van der Waals surface area contributed by atoms with Crippen LogP contribution in [-0.4, -0.2) is 18.0 Å². The number of carbonyl (C=O) groups excluding carboxylic acids is 1. The molecule has 2 rings (SSSR count). The SMILES string of the molecule is CCCC(CCC)Nc1cccc(C(=O)NC2CC2)c1. The fourth-order valence-electron chi connectivity index (χ4n) is 2.47. The highest BCUT2D eigenvalue weighted by Crippen LogP contribution is 2.20. The van der Waals surface area contributed by atoms with Crippen LogP contribution in [-0.2, 0) is 0 Å². The molecule has 0 aliphatic heterocycles. The van der Waals surface area contributed by atoms with Crippen LogP contribution in [0.5, 0.6) is 0 Å². The molecule has 0 heterocycles. The van der Waals surface area contributed by atoms with Crippen LogP contribution in [0.15, 0.2) is 24.3 Å². The van der Waals surface area contributed by atoms with E-state index in [0.717, 1.165) is 24.1 Å². The summed E-state index contributed by atoms with van der Waals surface area (Å²) in [5.41, 5.74) is 1.81. The predicted molar refractivity (Wildman–Crippen MR) is 84.2 cm³/mol. The zero-order valence-electron chi connectivity index (χ0n) is 12.6. The van der Waals surface area contributed by atoms with Gasteiger partial charge in [0.1, 0.15) is 0 Å². The Bertz CT molecular complexity index is 434. The van der Waals surface area contributed by atoms with Crippen molar-refractivity contribution in [3.05, 3.63) is 29.8 Å². The van der Waals surface area contributed by atoms with E-state index in [0.29, 0.717) is 12.1 Å². The molecule has 0 bridgehead atoms. The van der Waals surface area contributed by atoms with Gasteiger partial charge in [-0.15, -0.1) is 0 Å². The number of rotatable bonds is 8. The number of hydrogen-bond acceptors (Lipinski definition) is 2. The van der Waals surface area contributed by atoms with E-state index in [4.69, 9.17) is 0 Å². The van der Waals surface area contributed by atoms with Crippen LogP contribution >= 0.6 is 0 Å². The van der Waals surface area contributed by atoms with Crippen LogP contribution in [0, 0.1) is 0 Å². The number of nitrogens with one attached hydrogen (secondary N) is 2. The Morgan fingerprint density at radius 2 is 1.95 bits per heavy atom. The average Bonchev–Trinajstić information content (AvgIpc) is 3.23. The van der Waals surface area contributed by atoms with Gasteiger partial charge in [-0.2, -0.15) is 0 Å². The molecule has 0 spiro atoms. The Morgan fingerprint density at radius 1 is 1.25 bits per heavy atom. The minimum Gasteiger partial charge on any atom is -0.382 e. The molecule has 2 N–H and O–H groups in total. The van der Waals surface area contributed by atoms with Gasteiger partial charge in [0.05, 0.1) is 0 Å². The number of hydrogen-bond donors (Lipinski definition) is 2. The van der Waals surface area contributed by atoms with Gasteiger partial charge in [-0.3, -0.25) is 4.79 Å². The third kappa shape index (κ3) is 4.55. The van der Waals surface area contributed by atoms with Gasteiger partial charge >= 0.3 is 0 Å². The van der Waals surface area contributed by atoms with E-state index in [1.807, 2.05) is 24.3 Å². The van der Waals surface area contributed by atoms with E-state index in [1.54, 1.807) is 0 Å². The van der Waals surface area contributed by atoms with Crippen LogP contribution in [0.25, 0.3) is 0 Å². The molecule has 1 fully saturated rings. The molecule has 1 amide bonds. The summed E-state index contributed by atoms with van der Waals surface area (Å²) in [6.45, 7) is 4.42. The monoisotopic (exact) mass is 274 g/mol. The molecule has 0 unspecified atom stereocenters. The molecule has 0 atom stereocenters. The third-order valence-corrected chi connectivity index (χ3v) is 3.68. The van der Waals surface area contributed by atoms with Crippen LogP contribution in [0.2, 0.25) is 0 Å². The van der Waals surface area contributed by atoms with Gasteiger partial charge in [0, 0.05) is 23.3 Å². The highest BCUT2D eigenvalue weighted by atomic mass is 16.1. The topological polar surface area (TPSA) is 41.1 Å². The first-order chi connectivity index (χ1) is 9.72. The van der Waals surface area contributed by atoms with Crippen molar-refractivity contribution in [3.8, 4) is 0 Å². The minimum atomic E-state index is 0.0543. The molecule has 1 aliphatic carbocycles. The first-order valence-electron chi connectivity index (χ1n) is 7.90. The lowest BCUT2D eigenvalue weighted by Crippen LogP contribution is -2.25. The summed E-state index contributed by atoms with van der Waals surface area (Å²) in [4.78, 5) is 12.0. The molecule has 1 aromatic carbocycles. The lowest BCUT2D eigenvalue weighted by Gasteiger charge is -2.19. The summed E-state index contributed by atoms with van der Waals surface area (Å²) in [5.74, 6) is 0.0543. The summed E-state index contributed by atoms with van der Waals surface area (Å²) < 4.78 is 0. The van der Waals surface area contributed by atoms with Gasteiger partial charge in [0.2, 0.25) is 0 Å². The molecule has 3 heteroatoms. The van der Waals surface area contributed by atoms with Crippen molar-refractivity contribution in [2.75, 3.05) is 5.32 Å². The van der Waals surface area contributed by atoms with Gasteiger partial charge in [0.15, 0.2) is 0 Å². The average molecular weight is 274 g/mol. The predicted octanol–water partition coefficient (Wildman–Crippen LogP) is 3.96. The number of benzene rings is 1. The Hall–Kier alpha value is -1.51. The maximum absolute atomic E-state index is 12.0. The highest BCUT2D eigenvalue weighted by molar-refractivity contribution is 5.95. The number of anilines is 1. The first kappa shape index (κ1) is 14.9. The largest absolute Gasteiger partial charge is 0.382 e. The van der Waals surface area contributed by atoms with Crippen LogP contribution in [0.3, 0.4) is 0 Å². The normalized spacial score (nSPS) is 14.3. The fraction of sp³-hybridized carbons (Fsp3) is 0.588. The van der Waals surface area contributed by atoms with Crippen molar-refractivity contribution in [2.45, 2.75) is 64.5 Å². The second kappa shape index (κ2) is 7.32. The summed E-state index contributed by atoms with van der Waals surface area (Å²) in [7, 11) is 0. The molecule has 3 nitrogen and oxygen atoms in total. The van der Waals surface area contributed by atoms with E-state index in [1.165, 1.54) is 25.7 Å². The minimum absolute atomic E-state index is 0.0543. The van der Waals surface area contributed by atoms with Crippen molar-refractivity contribution in [2.24, 2.45) is 0 Å². The molecule has 110 valence electrons. The van der Waals surface area contributed by atoms with E-state index < -0.39 is 0 Å². The quantitative estimate of drug-likeness (QED) is 0.753. The fourth-order valence-corrected chi connectivity index (χ4v) is 2.47. The van der Waals surface area contributed by atoms with Crippen molar-refractivity contribution >= 4 is 11.6 Å². The lowest BCUT2D eigenvalue weighted by molar-refractivity contribution is 0.0951. The zero-order chi connectivity index (χ0) is 14.4. The van der Waals surface area contributed by atoms with E-state index in [2.05, 4.69) is 24.5 Å². The van der Waals surface area contributed by atoms with Gasteiger partial charge in [-0.1, -0.05) is 32.8 Å². The summed E-state index contributed by atoms with van der Waals surface area (Å²) in [6.07, 6.45) is 6.95. The number of amides is 1. The van der Waals surface area contributed by atoms with Crippen molar-refractivity contribution < 1.29 is 4.79 Å². The van der Waals surface area contributed by atoms with E-state index >= 15 is 0 Å². The molecule has 1 saturated carbocycles. The van der Waals surface area contributed by atoms with Gasteiger partial charge in [-0.25, -0.2) is 0 Å². The molecular formula is C17H26N2O. The van der Waals surface area contributed by atoms with Crippen molar-refractivity contribution in [3.63, 3.8) is 0 Å². The second-order valence-corrected chi connectivity index (χ2v) is 5.75. The maximum atomic E-state index is 12.0. The highest BCUT2D eigenvalue weighted by Gasteiger charge is 2.23. The van der Waals surface area contributed by atoms with E-state index in [9.17, 15) is 4.79 Å². The van der Waals surface area contributed by atoms with Crippen LogP contribution in [0.1, 0.15) is 62.7 Å². The molecule has 1 aromatic rings. The van der Waals surface area contributed by atoms with Gasteiger partial charge < -0.3 is 10.6 Å². The number of carbonyl (C=O) groups is 1. The molecule has 0 saturated heterocycles. The summed E-state index contributed by atoms with van der Waals surface area (Å²) >= 11 is 0. The third-order valence-electron chi connectivity index (χ3n) is 3.68. The summed E-state index contributed by atoms with van der Waals surface area (Å²) in [6, 6.07) is 8.78. The standard InChI is InChI=1S/C17H26N2O/c1-3-6-14(7-4-2)18-16-9-5-8-13(12-16)17(20)19-15-10-11-15/h5,8-9,12,14-15,18H,3-4,6-7,10-11H2,1-2H3,(H,19,20). The Morgan fingerprint density at radius 3 is 2.55 bits per heavy atom. The Kier molecular flexibility index (Phi) is 5.45. The summed E-state index contributed by atoms with van der Waals surface area (Å²) in [5, 5.41) is 6.60. The van der Waals surface area contributed by atoms with Crippen LogP contribution < -0.4 is 10.6 Å². The molecular weight excluding hydrogens is 248 g/mol. The van der Waals surface area contributed by atoms with Crippen LogP contribution in [0.4, 0.5) is 5.69 Å². The van der Waals surface area contributed by atoms with E-state index in [-0.39, 0.29) is 5.91 Å². The lowest BCUT2D eigenvalue weighted by atomic mass is 10.1. The maximum Gasteiger partial charge on any atom is 0.251 e. The second-order valence-electron chi connectivity index (χ2n) is 5.75. The van der Waals surface area contributed by atoms with Crippen molar-refractivity contribution in [1.29, 1.82) is 0 Å². The molecule has 20 heavy (non-hydrogen) atoms.